The van der Waals surface area contributed by atoms with Crippen LogP contribution in [0.25, 0.3) is 0 Å². The van der Waals surface area contributed by atoms with Crippen molar-refractivity contribution >= 4 is 39.5 Å². The van der Waals surface area contributed by atoms with Crippen LogP contribution < -0.4 is 0 Å². The van der Waals surface area contributed by atoms with Gasteiger partial charge in [0, 0.05) is 25.7 Å². The molecule has 0 saturated heterocycles. The Kier molecular flexibility index (Phi) is 77.1. The highest BCUT2D eigenvalue weighted by atomic mass is 31.2. The van der Waals surface area contributed by atoms with E-state index in [1.807, 2.05) is 0 Å². The van der Waals surface area contributed by atoms with Gasteiger partial charge in [0.25, 0.3) is 0 Å². The third kappa shape index (κ3) is 79.5. The summed E-state index contributed by atoms with van der Waals surface area (Å²) in [5.41, 5.74) is 0. The number of carbonyl (C=O) groups is 4. The van der Waals surface area contributed by atoms with Crippen molar-refractivity contribution in [1.29, 1.82) is 0 Å². The topological polar surface area (TPSA) is 237 Å². The fourth-order valence-electron chi connectivity index (χ4n) is 11.5. The van der Waals surface area contributed by atoms with Gasteiger partial charge in [0.05, 0.1) is 26.4 Å². The Morgan fingerprint density at radius 3 is 0.759 bits per heavy atom. The molecule has 0 spiro atoms. The number of carbonyl (C=O) groups excluding carboxylic acids is 4. The molecule has 0 amide bonds. The molecule has 0 heterocycles. The van der Waals surface area contributed by atoms with Crippen molar-refractivity contribution in [3.05, 3.63) is 122 Å². The van der Waals surface area contributed by atoms with Crippen LogP contribution in [0, 0.1) is 0 Å². The first kappa shape index (κ1) is 103. The maximum atomic E-state index is 13.1. The molecule has 17 nitrogen and oxygen atoms in total. The van der Waals surface area contributed by atoms with Crippen molar-refractivity contribution in [3.8, 4) is 0 Å². The van der Waals surface area contributed by atoms with E-state index in [0.29, 0.717) is 25.7 Å². The summed E-state index contributed by atoms with van der Waals surface area (Å²) in [6, 6.07) is 0. The van der Waals surface area contributed by atoms with Gasteiger partial charge in [-0.05, 0) is 135 Å². The van der Waals surface area contributed by atoms with Crippen LogP contribution in [0.2, 0.25) is 0 Å². The number of esters is 4. The summed E-state index contributed by atoms with van der Waals surface area (Å²) >= 11 is 0. The minimum atomic E-state index is -4.99. The number of unbranched alkanes of at least 4 members (excludes halogenated alkanes) is 34. The van der Waals surface area contributed by atoms with Gasteiger partial charge >= 0.3 is 39.5 Å². The summed E-state index contributed by atoms with van der Waals surface area (Å²) in [6.07, 6.45) is 90.1. The Hall–Kier alpha value is -4.54. The number of ether oxygens (including phenoxy) is 4. The molecule has 5 unspecified atom stereocenters. The molecule has 0 fully saturated rings. The summed E-state index contributed by atoms with van der Waals surface area (Å²) in [7, 11) is -9.98. The minimum Gasteiger partial charge on any atom is -0.462 e. The molecule has 0 bridgehead atoms. The average Bonchev–Trinajstić information content (AvgIpc) is 0.896. The highest BCUT2D eigenvalue weighted by Gasteiger charge is 2.30. The van der Waals surface area contributed by atoms with Crippen LogP contribution in [0.4, 0.5) is 0 Å². The molecule has 0 aromatic heterocycles. The van der Waals surface area contributed by atoms with Crippen LogP contribution in [0.3, 0.4) is 0 Å². The SMILES string of the molecule is CC/C=C\C/C=C\C/C=C\C/C=C\CCCCCCCCC(=O)OCC(COP(=O)(O)OCC(O)COP(=O)(O)OCC(COC(=O)CCCCCCC/C=C\C/C=C\CCCCC)OC(=O)CCCCCCCCCCCCCCCCC)OC(=O)CCCCCCCC/C=C\C/C=C\C/C=C\C/C=C\CC. The van der Waals surface area contributed by atoms with E-state index in [-0.39, 0.29) is 25.7 Å². The Bertz CT molecular complexity index is 2520. The summed E-state index contributed by atoms with van der Waals surface area (Å²) < 4.78 is 68.8. The molecule has 0 aliphatic rings. The molecule has 0 radical (unpaired) electrons. The standard InChI is InChI=1S/C89H154O17P2/c1-5-9-13-17-21-25-29-33-37-39-41-43-47-50-54-58-62-66-70-74-87(92)100-80-85(106-89(94)76-72-68-64-60-56-52-48-44-42-40-38-34-30-26-22-18-14-10-6-2)82-104-108(97,98)102-78-83(90)77-101-107(95,96)103-81-84(105-88(93)75-71-67-63-59-55-51-46-36-32-28-24-20-16-12-8-4)79-99-86(91)73-69-65-61-57-53-49-45-35-31-27-23-19-15-11-7-3/h9-10,13-14,21-23,25-27,33-35,37-38,41-45,83-85,90H,5-8,11-12,15-20,24,28-32,36,39-40,46-82H2,1-4H3,(H,95,96)(H,97,98)/b13-9-,14-10-,25-21-,26-22-,27-23-,37-33-,38-34-,43-41-,44-42-,45-35-. The Labute approximate surface area is 657 Å². The molecule has 0 aromatic rings. The average molecular weight is 1560 g/mol. The first-order valence-corrected chi connectivity index (χ1v) is 45.8. The van der Waals surface area contributed by atoms with Gasteiger partial charge in [-0.25, -0.2) is 9.13 Å². The molecular formula is C89H154O17P2. The van der Waals surface area contributed by atoms with E-state index >= 15 is 0 Å². The van der Waals surface area contributed by atoms with Gasteiger partial charge in [-0.15, -0.1) is 0 Å². The van der Waals surface area contributed by atoms with Crippen LogP contribution in [-0.2, 0) is 65.4 Å². The van der Waals surface area contributed by atoms with Gasteiger partial charge in [-0.1, -0.05) is 323 Å². The number of phosphoric acid groups is 2. The molecule has 0 aliphatic carbocycles. The van der Waals surface area contributed by atoms with Crippen molar-refractivity contribution in [1.82, 2.24) is 0 Å². The number of phosphoric ester groups is 2. The Morgan fingerprint density at radius 1 is 0.269 bits per heavy atom. The fourth-order valence-corrected chi connectivity index (χ4v) is 13.0. The van der Waals surface area contributed by atoms with E-state index in [9.17, 15) is 43.2 Å². The molecule has 3 N–H and O–H groups in total. The first-order chi connectivity index (χ1) is 52.7. The highest BCUT2D eigenvalue weighted by molar-refractivity contribution is 7.47. The lowest BCUT2D eigenvalue weighted by Gasteiger charge is -2.21. The lowest BCUT2D eigenvalue weighted by atomic mass is 10.0. The second kappa shape index (κ2) is 80.5. The van der Waals surface area contributed by atoms with Crippen LogP contribution in [0.5, 0.6) is 0 Å². The largest absolute Gasteiger partial charge is 0.472 e. The van der Waals surface area contributed by atoms with Crippen molar-refractivity contribution in [2.45, 2.75) is 380 Å². The molecule has 0 saturated carbocycles. The predicted molar refractivity (Wildman–Crippen MR) is 445 cm³/mol. The molecule has 108 heavy (non-hydrogen) atoms. The number of rotatable bonds is 80. The van der Waals surface area contributed by atoms with Crippen LogP contribution in [0.15, 0.2) is 122 Å². The summed E-state index contributed by atoms with van der Waals surface area (Å²) in [5, 5.41) is 10.7. The monoisotopic (exact) mass is 1560 g/mol. The molecule has 0 rings (SSSR count). The van der Waals surface area contributed by atoms with Crippen molar-refractivity contribution < 1.29 is 80.2 Å². The molecule has 19 heteroatoms. The zero-order valence-corrected chi connectivity index (χ0v) is 70.0. The third-order valence-electron chi connectivity index (χ3n) is 17.9. The van der Waals surface area contributed by atoms with Gasteiger partial charge in [0.2, 0.25) is 0 Å². The normalized spacial score (nSPS) is 14.4. The first-order valence-electron chi connectivity index (χ1n) is 42.8. The second-order valence-electron chi connectivity index (χ2n) is 28.4. The van der Waals surface area contributed by atoms with Gasteiger partial charge in [-0.3, -0.25) is 37.3 Å². The fraction of sp³-hybridized carbons (Fsp3) is 0.730. The molecule has 5 atom stereocenters. The van der Waals surface area contributed by atoms with Crippen LogP contribution in [0.1, 0.15) is 362 Å². The van der Waals surface area contributed by atoms with E-state index in [4.69, 9.17) is 37.0 Å². The second-order valence-corrected chi connectivity index (χ2v) is 31.3. The quantitative estimate of drug-likeness (QED) is 0.0169. The predicted octanol–water partition coefficient (Wildman–Crippen LogP) is 25.5. The summed E-state index contributed by atoms with van der Waals surface area (Å²) in [4.78, 5) is 73.3. The van der Waals surface area contributed by atoms with E-state index in [1.165, 1.54) is 83.5 Å². The van der Waals surface area contributed by atoms with Crippen molar-refractivity contribution in [2.24, 2.45) is 0 Å². The maximum Gasteiger partial charge on any atom is 0.472 e. The van der Waals surface area contributed by atoms with Gasteiger partial charge in [0.15, 0.2) is 12.2 Å². The molecule has 622 valence electrons. The number of aliphatic hydroxyl groups excluding tert-OH is 1. The van der Waals surface area contributed by atoms with Crippen LogP contribution in [-0.4, -0.2) is 96.7 Å². The lowest BCUT2D eigenvalue weighted by molar-refractivity contribution is -0.161. The van der Waals surface area contributed by atoms with Crippen LogP contribution >= 0.6 is 15.6 Å². The highest BCUT2D eigenvalue weighted by Crippen LogP contribution is 2.45. The third-order valence-corrected chi connectivity index (χ3v) is 19.8. The van der Waals surface area contributed by atoms with Crippen molar-refractivity contribution in [3.63, 3.8) is 0 Å². The smallest absolute Gasteiger partial charge is 0.462 e. The number of hydrogen-bond acceptors (Lipinski definition) is 15. The minimum absolute atomic E-state index is 0.0732. The summed E-state index contributed by atoms with van der Waals surface area (Å²) in [5.74, 6) is -2.20. The van der Waals surface area contributed by atoms with Crippen molar-refractivity contribution in [2.75, 3.05) is 39.6 Å². The van der Waals surface area contributed by atoms with E-state index in [0.717, 1.165) is 199 Å². The number of hydrogen-bond donors (Lipinski definition) is 3. The number of aliphatic hydroxyl groups is 1. The van der Waals surface area contributed by atoms with Gasteiger partial charge in [-0.2, -0.15) is 0 Å². The van der Waals surface area contributed by atoms with E-state index in [2.05, 4.69) is 149 Å². The molecule has 0 aliphatic heterocycles. The Balaban J connectivity index is 5.40. The lowest BCUT2D eigenvalue weighted by Crippen LogP contribution is -2.30. The van der Waals surface area contributed by atoms with Gasteiger partial charge < -0.3 is 33.8 Å². The van der Waals surface area contributed by atoms with Gasteiger partial charge in [0.1, 0.15) is 19.3 Å². The maximum absolute atomic E-state index is 13.1. The molecule has 0 aromatic carbocycles. The Morgan fingerprint density at radius 2 is 0.481 bits per heavy atom. The molecular weight excluding hydrogens is 1400 g/mol. The zero-order valence-electron chi connectivity index (χ0n) is 68.2. The van der Waals surface area contributed by atoms with E-state index < -0.39 is 97.5 Å². The van der Waals surface area contributed by atoms with E-state index in [1.54, 1.807) is 0 Å². The zero-order chi connectivity index (χ0) is 78.9. The number of allylic oxidation sites excluding steroid dienone is 20. The summed E-state index contributed by atoms with van der Waals surface area (Å²) in [6.45, 7) is 4.64.